The number of hydrogen-bond acceptors (Lipinski definition) is 2. The Labute approximate surface area is 89.3 Å². The zero-order valence-corrected chi connectivity index (χ0v) is 8.82. The number of carboxylic acids is 1. The smallest absolute Gasteiger partial charge is 0.303 e. The van der Waals surface area contributed by atoms with Gasteiger partial charge >= 0.3 is 5.97 Å². The van der Waals surface area contributed by atoms with Crippen LogP contribution >= 0.6 is 0 Å². The van der Waals surface area contributed by atoms with Crippen molar-refractivity contribution in [3.8, 4) is 0 Å². The lowest BCUT2D eigenvalue weighted by Gasteiger charge is -2.42. The van der Waals surface area contributed by atoms with Crippen molar-refractivity contribution in [1.29, 1.82) is 0 Å². The van der Waals surface area contributed by atoms with E-state index in [9.17, 15) is 9.59 Å². The van der Waals surface area contributed by atoms with E-state index in [1.165, 1.54) is 6.42 Å². The number of amides is 1. The minimum Gasteiger partial charge on any atom is -0.481 e. The highest BCUT2D eigenvalue weighted by atomic mass is 16.4. The fraction of sp³-hybridized carbons (Fsp3) is 0.818. The van der Waals surface area contributed by atoms with Crippen molar-refractivity contribution < 1.29 is 14.7 Å². The highest BCUT2D eigenvalue weighted by molar-refractivity contribution is 5.80. The molecule has 0 aromatic rings. The van der Waals surface area contributed by atoms with Gasteiger partial charge in [-0.15, -0.1) is 0 Å². The van der Waals surface area contributed by atoms with Gasteiger partial charge in [0.2, 0.25) is 5.91 Å². The van der Waals surface area contributed by atoms with Gasteiger partial charge in [0.05, 0.1) is 0 Å². The van der Waals surface area contributed by atoms with Crippen LogP contribution in [-0.2, 0) is 9.59 Å². The Morgan fingerprint density at radius 2 is 1.93 bits per heavy atom. The Kier molecular flexibility index (Phi) is 2.93. The summed E-state index contributed by atoms with van der Waals surface area (Å²) in [4.78, 5) is 23.9. The highest BCUT2D eigenvalue weighted by Gasteiger charge is 2.36. The van der Waals surface area contributed by atoms with Crippen LogP contribution in [0, 0.1) is 11.8 Å². The number of aliphatic carboxylic acids is 1. The molecule has 4 nitrogen and oxygen atoms in total. The Hall–Kier alpha value is -1.06. The monoisotopic (exact) mass is 211 g/mol. The van der Waals surface area contributed by atoms with Crippen LogP contribution in [0.5, 0.6) is 0 Å². The Morgan fingerprint density at radius 3 is 2.40 bits per heavy atom. The molecule has 1 aliphatic carbocycles. The summed E-state index contributed by atoms with van der Waals surface area (Å²) < 4.78 is 0. The highest BCUT2D eigenvalue weighted by Crippen LogP contribution is 2.31. The number of nitrogens with zero attached hydrogens (tertiary/aromatic N) is 1. The van der Waals surface area contributed by atoms with Gasteiger partial charge in [-0.05, 0) is 25.2 Å². The van der Waals surface area contributed by atoms with Crippen LogP contribution in [0.3, 0.4) is 0 Å². The van der Waals surface area contributed by atoms with Crippen LogP contribution in [0.2, 0.25) is 0 Å². The van der Waals surface area contributed by atoms with Gasteiger partial charge < -0.3 is 10.0 Å². The first-order valence-corrected chi connectivity index (χ1v) is 5.67. The van der Waals surface area contributed by atoms with E-state index in [1.807, 2.05) is 4.90 Å². The molecule has 0 aromatic carbocycles. The lowest BCUT2D eigenvalue weighted by molar-refractivity contribution is -0.145. The largest absolute Gasteiger partial charge is 0.481 e. The molecule has 2 aliphatic rings. The van der Waals surface area contributed by atoms with Gasteiger partial charge in [0.25, 0.3) is 0 Å². The first kappa shape index (κ1) is 10.5. The Bertz CT molecular complexity index is 267. The van der Waals surface area contributed by atoms with Crippen molar-refractivity contribution >= 4 is 11.9 Å². The molecule has 0 spiro atoms. The summed E-state index contributed by atoms with van der Waals surface area (Å²) in [5.41, 5.74) is 0. The molecule has 1 saturated carbocycles. The van der Waals surface area contributed by atoms with Gasteiger partial charge in [0, 0.05) is 25.4 Å². The molecule has 0 unspecified atom stereocenters. The van der Waals surface area contributed by atoms with E-state index in [0.29, 0.717) is 18.2 Å². The van der Waals surface area contributed by atoms with Crippen molar-refractivity contribution in [2.75, 3.05) is 13.1 Å². The summed E-state index contributed by atoms with van der Waals surface area (Å²) in [6.45, 7) is 1.56. The molecule has 1 amide bonds. The summed E-state index contributed by atoms with van der Waals surface area (Å²) in [7, 11) is 0. The van der Waals surface area contributed by atoms with E-state index < -0.39 is 5.97 Å². The fourth-order valence-corrected chi connectivity index (χ4v) is 2.17. The average Bonchev–Trinajstić information content (AvgIpc) is 1.96. The second kappa shape index (κ2) is 4.21. The lowest BCUT2D eigenvalue weighted by Crippen LogP contribution is -2.53. The molecule has 0 atom stereocenters. The summed E-state index contributed by atoms with van der Waals surface area (Å²) in [6, 6.07) is 0. The Balaban J connectivity index is 1.64. The van der Waals surface area contributed by atoms with E-state index in [1.54, 1.807) is 0 Å². The predicted octanol–water partition coefficient (Wildman–Crippen LogP) is 1.11. The normalized spacial score (nSPS) is 22.0. The zero-order chi connectivity index (χ0) is 10.8. The maximum Gasteiger partial charge on any atom is 0.303 e. The van der Waals surface area contributed by atoms with Crippen LogP contribution in [0.15, 0.2) is 0 Å². The third kappa shape index (κ3) is 2.30. The molecule has 1 heterocycles. The van der Waals surface area contributed by atoms with Crippen LogP contribution in [0.25, 0.3) is 0 Å². The van der Waals surface area contributed by atoms with Gasteiger partial charge in [0.15, 0.2) is 0 Å². The summed E-state index contributed by atoms with van der Waals surface area (Å²) in [5.74, 6) is 0.266. The molecule has 15 heavy (non-hydrogen) atoms. The molecule has 2 fully saturated rings. The molecule has 1 N–H and O–H groups in total. The van der Waals surface area contributed by atoms with Crippen LogP contribution in [0.4, 0.5) is 0 Å². The number of carbonyl (C=O) groups is 2. The van der Waals surface area contributed by atoms with Gasteiger partial charge in [0.1, 0.15) is 0 Å². The van der Waals surface area contributed by atoms with Crippen LogP contribution in [0.1, 0.15) is 32.1 Å². The molecule has 84 valence electrons. The molecule has 1 aliphatic heterocycles. The van der Waals surface area contributed by atoms with E-state index in [4.69, 9.17) is 5.11 Å². The first-order chi connectivity index (χ1) is 7.16. The van der Waals surface area contributed by atoms with Crippen molar-refractivity contribution in [3.05, 3.63) is 0 Å². The second-order valence-corrected chi connectivity index (χ2v) is 4.67. The van der Waals surface area contributed by atoms with Gasteiger partial charge in [-0.1, -0.05) is 6.42 Å². The molecule has 0 radical (unpaired) electrons. The minimum absolute atomic E-state index is 0.232. The number of likely N-dealkylation sites (tertiary alicyclic amines) is 1. The first-order valence-electron chi connectivity index (χ1n) is 5.67. The third-order valence-electron chi connectivity index (χ3n) is 3.49. The molecule has 1 saturated heterocycles. The number of carbonyl (C=O) groups excluding carboxylic acids is 1. The maximum absolute atomic E-state index is 11.7. The summed E-state index contributed by atoms with van der Waals surface area (Å²) in [5, 5.41) is 8.51. The van der Waals surface area contributed by atoms with Gasteiger partial charge in [-0.25, -0.2) is 0 Å². The Morgan fingerprint density at radius 1 is 1.27 bits per heavy atom. The SMILES string of the molecule is O=C(O)CCC1CN(C(=O)C2CCC2)C1. The van der Waals surface area contributed by atoms with Gasteiger partial charge in [-0.2, -0.15) is 0 Å². The average molecular weight is 211 g/mol. The van der Waals surface area contributed by atoms with Crippen molar-refractivity contribution in [3.63, 3.8) is 0 Å². The maximum atomic E-state index is 11.7. The number of rotatable bonds is 4. The summed E-state index contributed by atoms with van der Waals surface area (Å²) >= 11 is 0. The lowest BCUT2D eigenvalue weighted by atomic mass is 9.82. The quantitative estimate of drug-likeness (QED) is 0.757. The van der Waals surface area contributed by atoms with E-state index in [0.717, 1.165) is 25.9 Å². The molecule has 0 bridgehead atoms. The van der Waals surface area contributed by atoms with Crippen LogP contribution in [-0.4, -0.2) is 35.0 Å². The predicted molar refractivity (Wildman–Crippen MR) is 54.3 cm³/mol. The topological polar surface area (TPSA) is 57.6 Å². The van der Waals surface area contributed by atoms with Gasteiger partial charge in [-0.3, -0.25) is 9.59 Å². The third-order valence-corrected chi connectivity index (χ3v) is 3.49. The van der Waals surface area contributed by atoms with Crippen LogP contribution < -0.4 is 0 Å². The minimum atomic E-state index is -0.737. The second-order valence-electron chi connectivity index (χ2n) is 4.67. The number of hydrogen-bond donors (Lipinski definition) is 1. The molecule has 2 rings (SSSR count). The number of carboxylic acid groups (broad SMARTS) is 1. The van der Waals surface area contributed by atoms with E-state index >= 15 is 0 Å². The van der Waals surface area contributed by atoms with Crippen molar-refractivity contribution in [1.82, 2.24) is 4.90 Å². The fourth-order valence-electron chi connectivity index (χ4n) is 2.17. The standard InChI is InChI=1S/C11H17NO3/c13-10(14)5-4-8-6-12(7-8)11(15)9-2-1-3-9/h8-9H,1-7H2,(H,13,14). The summed E-state index contributed by atoms with van der Waals surface area (Å²) in [6.07, 6.45) is 4.23. The van der Waals surface area contributed by atoms with E-state index in [-0.39, 0.29) is 12.3 Å². The van der Waals surface area contributed by atoms with Crippen molar-refractivity contribution in [2.24, 2.45) is 11.8 Å². The molecular formula is C11H17NO3. The molecule has 0 aromatic heterocycles. The zero-order valence-electron chi connectivity index (χ0n) is 8.82. The van der Waals surface area contributed by atoms with Crippen molar-refractivity contribution in [2.45, 2.75) is 32.1 Å². The van der Waals surface area contributed by atoms with E-state index in [2.05, 4.69) is 0 Å². The molecule has 4 heteroatoms. The molecular weight excluding hydrogens is 194 g/mol.